The van der Waals surface area contributed by atoms with Crippen molar-refractivity contribution in [2.24, 2.45) is 7.05 Å². The monoisotopic (exact) mass is 332 g/mol. The van der Waals surface area contributed by atoms with Crippen molar-refractivity contribution in [3.63, 3.8) is 0 Å². The first-order valence-electron chi connectivity index (χ1n) is 9.12. The molecular formula is C25H18N+. The molecule has 26 heavy (non-hydrogen) atoms. The number of hydrogen-bond acceptors (Lipinski definition) is 0. The minimum absolute atomic E-state index is 1.31. The molecule has 0 aliphatic heterocycles. The van der Waals surface area contributed by atoms with E-state index in [9.17, 15) is 0 Å². The Morgan fingerprint density at radius 3 is 2.00 bits per heavy atom. The normalized spacial score (nSPS) is 12.2. The highest BCUT2D eigenvalue weighted by Crippen LogP contribution is 2.43. The van der Waals surface area contributed by atoms with Crippen molar-refractivity contribution in [1.82, 2.24) is 0 Å². The molecule has 6 aromatic rings. The van der Waals surface area contributed by atoms with Gasteiger partial charge in [-0.25, -0.2) is 4.57 Å². The van der Waals surface area contributed by atoms with E-state index in [1.165, 1.54) is 59.6 Å². The molecule has 0 radical (unpaired) electrons. The van der Waals surface area contributed by atoms with Crippen LogP contribution in [-0.2, 0) is 7.05 Å². The predicted molar refractivity (Wildman–Crippen MR) is 111 cm³/mol. The van der Waals surface area contributed by atoms with E-state index in [1.807, 2.05) is 0 Å². The average Bonchev–Trinajstić information content (AvgIpc) is 2.69. The van der Waals surface area contributed by atoms with Crippen LogP contribution in [0, 0.1) is 6.92 Å². The lowest BCUT2D eigenvalue weighted by Crippen LogP contribution is -2.28. The van der Waals surface area contributed by atoms with E-state index in [2.05, 4.69) is 91.5 Å². The van der Waals surface area contributed by atoms with Crippen LogP contribution >= 0.6 is 0 Å². The molecule has 122 valence electrons. The third-order valence-electron chi connectivity index (χ3n) is 6.00. The van der Waals surface area contributed by atoms with Crippen molar-refractivity contribution in [2.45, 2.75) is 6.92 Å². The van der Waals surface area contributed by atoms with E-state index in [-0.39, 0.29) is 0 Å². The Bertz CT molecular complexity index is 1490. The molecule has 0 bridgehead atoms. The largest absolute Gasteiger partial charge is 0.221 e. The van der Waals surface area contributed by atoms with Crippen LogP contribution in [0.25, 0.3) is 54.0 Å². The number of hydrogen-bond donors (Lipinski definition) is 0. The number of nitrogens with zero attached hydrogens (tertiary/aromatic N) is 1. The zero-order chi connectivity index (χ0) is 17.4. The Balaban J connectivity index is 2.15. The van der Waals surface area contributed by atoms with Gasteiger partial charge in [0, 0.05) is 11.5 Å². The van der Waals surface area contributed by atoms with Crippen LogP contribution in [-0.4, -0.2) is 0 Å². The Morgan fingerprint density at radius 2 is 1.19 bits per heavy atom. The zero-order valence-electron chi connectivity index (χ0n) is 14.9. The summed E-state index contributed by atoms with van der Waals surface area (Å²) >= 11 is 0. The zero-order valence-corrected chi connectivity index (χ0v) is 14.9. The first-order chi connectivity index (χ1) is 12.8. The number of aromatic nitrogens is 1. The standard InChI is InChI=1S/C25H18N/c1-15-17-8-3-4-9-18(17)19-11-6-12-21-20-10-5-7-16-13-14-26(2)25(23(16)20)22(15)24(19)21/h3-14H,1-2H3/q+1. The van der Waals surface area contributed by atoms with Gasteiger partial charge < -0.3 is 0 Å². The van der Waals surface area contributed by atoms with E-state index in [4.69, 9.17) is 0 Å². The minimum Gasteiger partial charge on any atom is -0.200 e. The van der Waals surface area contributed by atoms with Crippen LogP contribution in [0.4, 0.5) is 0 Å². The first kappa shape index (κ1) is 14.0. The van der Waals surface area contributed by atoms with Crippen molar-refractivity contribution in [3.8, 4) is 0 Å². The summed E-state index contributed by atoms with van der Waals surface area (Å²) in [5.74, 6) is 0. The Labute approximate surface area is 151 Å². The van der Waals surface area contributed by atoms with Gasteiger partial charge in [0.15, 0.2) is 6.20 Å². The third-order valence-corrected chi connectivity index (χ3v) is 6.00. The van der Waals surface area contributed by atoms with Crippen LogP contribution in [0.1, 0.15) is 5.56 Å². The number of aryl methyl sites for hydroxylation is 2. The van der Waals surface area contributed by atoms with Gasteiger partial charge in [-0.15, -0.1) is 0 Å². The smallest absolute Gasteiger partial charge is 0.200 e. The summed E-state index contributed by atoms with van der Waals surface area (Å²) < 4.78 is 2.29. The lowest BCUT2D eigenvalue weighted by molar-refractivity contribution is -0.643. The molecule has 5 aromatic carbocycles. The SMILES string of the molecule is Cc1c2ccccc2c2cccc3c4cccc5cc[n+](C)c(c1c23)c54. The predicted octanol–water partition coefficient (Wildman–Crippen LogP) is 6.02. The summed E-state index contributed by atoms with van der Waals surface area (Å²) in [5, 5.41) is 12.2. The highest BCUT2D eigenvalue weighted by atomic mass is 14.9. The molecule has 1 nitrogen and oxygen atoms in total. The number of benzene rings is 5. The second-order valence-corrected chi connectivity index (χ2v) is 7.32. The van der Waals surface area contributed by atoms with Crippen molar-refractivity contribution in [3.05, 3.63) is 78.5 Å². The van der Waals surface area contributed by atoms with Gasteiger partial charge in [0.1, 0.15) is 7.05 Å². The van der Waals surface area contributed by atoms with Crippen LogP contribution in [0.2, 0.25) is 0 Å². The van der Waals surface area contributed by atoms with Gasteiger partial charge >= 0.3 is 0 Å². The summed E-state index contributed by atoms with van der Waals surface area (Å²) in [5.41, 5.74) is 2.71. The average molecular weight is 332 g/mol. The maximum atomic E-state index is 2.29. The molecule has 0 atom stereocenters. The fourth-order valence-corrected chi connectivity index (χ4v) is 4.88. The van der Waals surface area contributed by atoms with Crippen LogP contribution < -0.4 is 4.57 Å². The molecule has 0 spiro atoms. The number of fused-ring (bicyclic) bond motifs is 4. The summed E-state index contributed by atoms with van der Waals surface area (Å²) in [6.07, 6.45) is 2.19. The molecule has 0 saturated heterocycles. The van der Waals surface area contributed by atoms with Gasteiger partial charge in [-0.3, -0.25) is 0 Å². The van der Waals surface area contributed by atoms with Gasteiger partial charge in [-0.2, -0.15) is 0 Å². The second-order valence-electron chi connectivity index (χ2n) is 7.32. The molecule has 1 heteroatoms. The van der Waals surface area contributed by atoms with E-state index >= 15 is 0 Å². The number of rotatable bonds is 0. The molecule has 1 heterocycles. The molecule has 1 aromatic heterocycles. The molecule has 0 aliphatic carbocycles. The molecule has 0 unspecified atom stereocenters. The van der Waals surface area contributed by atoms with Gasteiger partial charge in [-0.05, 0) is 44.8 Å². The number of pyridine rings is 1. The molecule has 6 rings (SSSR count). The van der Waals surface area contributed by atoms with Crippen molar-refractivity contribution in [2.75, 3.05) is 0 Å². The quantitative estimate of drug-likeness (QED) is 0.182. The van der Waals surface area contributed by atoms with Gasteiger partial charge in [0.05, 0.1) is 10.8 Å². The Hall–Kier alpha value is -3.19. The maximum Gasteiger partial charge on any atom is 0.221 e. The van der Waals surface area contributed by atoms with Gasteiger partial charge in [0.2, 0.25) is 5.52 Å². The highest BCUT2D eigenvalue weighted by molar-refractivity contribution is 6.35. The summed E-state index contributed by atoms with van der Waals surface area (Å²) in [4.78, 5) is 0. The lowest BCUT2D eigenvalue weighted by atomic mass is 9.87. The summed E-state index contributed by atoms with van der Waals surface area (Å²) in [6.45, 7) is 2.28. The fourth-order valence-electron chi connectivity index (χ4n) is 4.88. The molecule has 0 saturated carbocycles. The minimum atomic E-state index is 1.31. The third kappa shape index (κ3) is 1.54. The Morgan fingerprint density at radius 1 is 0.577 bits per heavy atom. The van der Waals surface area contributed by atoms with E-state index < -0.39 is 0 Å². The maximum absolute atomic E-state index is 2.29. The molecule has 0 fully saturated rings. The Kier molecular flexibility index (Phi) is 2.54. The second kappa shape index (κ2) is 4.70. The fraction of sp³-hybridized carbons (Fsp3) is 0.0800. The topological polar surface area (TPSA) is 3.88 Å². The van der Waals surface area contributed by atoms with Crippen LogP contribution in [0.3, 0.4) is 0 Å². The molecule has 0 N–H and O–H groups in total. The van der Waals surface area contributed by atoms with E-state index in [0.29, 0.717) is 0 Å². The van der Waals surface area contributed by atoms with E-state index in [1.54, 1.807) is 0 Å². The molecule has 0 amide bonds. The lowest BCUT2D eigenvalue weighted by Gasteiger charge is -2.16. The van der Waals surface area contributed by atoms with Crippen molar-refractivity contribution in [1.29, 1.82) is 0 Å². The van der Waals surface area contributed by atoms with Crippen molar-refractivity contribution >= 4 is 54.0 Å². The van der Waals surface area contributed by atoms with Gasteiger partial charge in [-0.1, -0.05) is 60.7 Å². The van der Waals surface area contributed by atoms with Crippen molar-refractivity contribution < 1.29 is 4.57 Å². The van der Waals surface area contributed by atoms with Gasteiger partial charge in [0.25, 0.3) is 0 Å². The highest BCUT2D eigenvalue weighted by Gasteiger charge is 2.22. The molecule has 0 aliphatic rings. The summed E-state index contributed by atoms with van der Waals surface area (Å²) in [7, 11) is 2.17. The first-order valence-corrected chi connectivity index (χ1v) is 9.12. The van der Waals surface area contributed by atoms with Crippen LogP contribution in [0.15, 0.2) is 72.9 Å². The van der Waals surface area contributed by atoms with E-state index in [0.717, 1.165) is 0 Å². The summed E-state index contributed by atoms with van der Waals surface area (Å²) in [6, 6.07) is 24.5. The van der Waals surface area contributed by atoms with Crippen LogP contribution in [0.5, 0.6) is 0 Å². The molecular weight excluding hydrogens is 314 g/mol.